The predicted molar refractivity (Wildman–Crippen MR) is 70.5 cm³/mol. The Balaban J connectivity index is 1.91. The second-order valence-corrected chi connectivity index (χ2v) is 4.95. The van der Waals surface area contributed by atoms with Crippen molar-refractivity contribution in [2.75, 3.05) is 20.1 Å². The van der Waals surface area contributed by atoms with Gasteiger partial charge in [-0.05, 0) is 12.5 Å². The van der Waals surface area contributed by atoms with Crippen molar-refractivity contribution in [1.82, 2.24) is 10.2 Å². The van der Waals surface area contributed by atoms with Crippen LogP contribution in [0, 0.1) is 0 Å². The van der Waals surface area contributed by atoms with Gasteiger partial charge in [-0.2, -0.15) is 0 Å². The van der Waals surface area contributed by atoms with Crippen LogP contribution in [0.3, 0.4) is 0 Å². The second-order valence-electron chi connectivity index (χ2n) is 4.55. The highest BCUT2D eigenvalue weighted by Crippen LogP contribution is 2.22. The molecule has 1 aliphatic rings. The summed E-state index contributed by atoms with van der Waals surface area (Å²) in [5.74, 6) is 0.0846. The Labute approximate surface area is 112 Å². The molecule has 0 saturated carbocycles. The molecule has 1 amide bonds. The first-order valence-corrected chi connectivity index (χ1v) is 6.38. The van der Waals surface area contributed by atoms with E-state index in [9.17, 15) is 9.90 Å². The van der Waals surface area contributed by atoms with Crippen LogP contribution in [0.2, 0.25) is 5.02 Å². The number of hydrogen-bond donors (Lipinski definition) is 2. The number of nitrogens with zero attached hydrogens (tertiary/aromatic N) is 1. The van der Waals surface area contributed by atoms with Crippen molar-refractivity contribution in [1.29, 1.82) is 0 Å². The summed E-state index contributed by atoms with van der Waals surface area (Å²) in [6.45, 7) is 1.09. The third-order valence-corrected chi connectivity index (χ3v) is 3.59. The highest BCUT2D eigenvalue weighted by Gasteiger charge is 2.29. The molecule has 1 fully saturated rings. The fraction of sp³-hybridized carbons (Fsp3) is 0.462. The standard InChI is InChI=1S/C13H17ClN2O2/c1-16-7-6-11(13(16)18)15-8-12(17)9-4-2-3-5-10(9)14/h2-5,11-12,15,17H,6-8H2,1H3. The number of carbonyl (C=O) groups is 1. The van der Waals surface area contributed by atoms with E-state index in [0.29, 0.717) is 17.1 Å². The fourth-order valence-corrected chi connectivity index (χ4v) is 2.38. The van der Waals surface area contributed by atoms with E-state index in [1.807, 2.05) is 12.1 Å². The summed E-state index contributed by atoms with van der Waals surface area (Å²) in [6, 6.07) is 7.00. The molecule has 2 atom stereocenters. The molecule has 98 valence electrons. The Kier molecular flexibility index (Phi) is 4.22. The third kappa shape index (κ3) is 2.83. The zero-order valence-corrected chi connectivity index (χ0v) is 11.0. The van der Waals surface area contributed by atoms with Crippen LogP contribution in [0.5, 0.6) is 0 Å². The summed E-state index contributed by atoms with van der Waals surface area (Å²) in [6.07, 6.45) is 0.0855. The number of rotatable bonds is 4. The number of aliphatic hydroxyl groups excluding tert-OH is 1. The Morgan fingerprint density at radius 3 is 2.89 bits per heavy atom. The van der Waals surface area contributed by atoms with Crippen LogP contribution in [0.15, 0.2) is 24.3 Å². The molecule has 0 bridgehead atoms. The van der Waals surface area contributed by atoms with E-state index in [2.05, 4.69) is 5.32 Å². The molecule has 2 N–H and O–H groups in total. The first-order valence-electron chi connectivity index (χ1n) is 6.00. The zero-order chi connectivity index (χ0) is 13.1. The van der Waals surface area contributed by atoms with E-state index in [-0.39, 0.29) is 11.9 Å². The quantitative estimate of drug-likeness (QED) is 0.863. The summed E-state index contributed by atoms with van der Waals surface area (Å²) < 4.78 is 0. The van der Waals surface area contributed by atoms with Crippen LogP contribution in [0.25, 0.3) is 0 Å². The van der Waals surface area contributed by atoms with Gasteiger partial charge in [-0.15, -0.1) is 0 Å². The molecular weight excluding hydrogens is 252 g/mol. The number of hydrogen-bond acceptors (Lipinski definition) is 3. The average Bonchev–Trinajstić information content (AvgIpc) is 2.68. The summed E-state index contributed by atoms with van der Waals surface area (Å²) in [4.78, 5) is 13.4. The van der Waals surface area contributed by atoms with Crippen molar-refractivity contribution in [2.24, 2.45) is 0 Å². The monoisotopic (exact) mass is 268 g/mol. The van der Waals surface area contributed by atoms with Crippen LogP contribution in [0.4, 0.5) is 0 Å². The summed E-state index contributed by atoms with van der Waals surface area (Å²) in [7, 11) is 1.79. The normalized spacial score (nSPS) is 21.4. The largest absolute Gasteiger partial charge is 0.387 e. The summed E-state index contributed by atoms with van der Waals surface area (Å²) in [5, 5.41) is 13.7. The minimum atomic E-state index is -0.697. The van der Waals surface area contributed by atoms with Crippen molar-refractivity contribution in [3.8, 4) is 0 Å². The lowest BCUT2D eigenvalue weighted by molar-refractivity contribution is -0.128. The van der Waals surface area contributed by atoms with E-state index >= 15 is 0 Å². The molecule has 0 aromatic heterocycles. The van der Waals surface area contributed by atoms with Gasteiger partial charge >= 0.3 is 0 Å². The first kappa shape index (κ1) is 13.3. The van der Waals surface area contributed by atoms with Crippen LogP contribution in [0.1, 0.15) is 18.1 Å². The van der Waals surface area contributed by atoms with Crippen molar-refractivity contribution < 1.29 is 9.90 Å². The molecule has 5 heteroatoms. The van der Waals surface area contributed by atoms with Crippen LogP contribution in [-0.2, 0) is 4.79 Å². The Morgan fingerprint density at radius 1 is 1.56 bits per heavy atom. The lowest BCUT2D eigenvalue weighted by atomic mass is 10.1. The van der Waals surface area contributed by atoms with Gasteiger partial charge in [0, 0.05) is 30.7 Å². The van der Waals surface area contributed by atoms with Gasteiger partial charge in [0.1, 0.15) is 0 Å². The highest BCUT2D eigenvalue weighted by atomic mass is 35.5. The van der Waals surface area contributed by atoms with Gasteiger partial charge < -0.3 is 15.3 Å². The number of aliphatic hydroxyl groups is 1. The van der Waals surface area contributed by atoms with E-state index in [1.165, 1.54) is 0 Å². The minimum Gasteiger partial charge on any atom is -0.387 e. The zero-order valence-electron chi connectivity index (χ0n) is 10.3. The number of benzene rings is 1. The molecule has 0 aliphatic carbocycles. The smallest absolute Gasteiger partial charge is 0.239 e. The molecule has 18 heavy (non-hydrogen) atoms. The number of halogens is 1. The summed E-state index contributed by atoms with van der Waals surface area (Å²) >= 11 is 6.00. The molecule has 1 aromatic carbocycles. The third-order valence-electron chi connectivity index (χ3n) is 3.25. The maximum Gasteiger partial charge on any atom is 0.239 e. The molecular formula is C13H17ClN2O2. The van der Waals surface area contributed by atoms with Crippen LogP contribution >= 0.6 is 11.6 Å². The van der Waals surface area contributed by atoms with Crippen molar-refractivity contribution in [3.63, 3.8) is 0 Å². The van der Waals surface area contributed by atoms with Crippen molar-refractivity contribution >= 4 is 17.5 Å². The lowest BCUT2D eigenvalue weighted by Gasteiger charge is -2.16. The molecule has 4 nitrogen and oxygen atoms in total. The molecule has 1 aliphatic heterocycles. The highest BCUT2D eigenvalue weighted by molar-refractivity contribution is 6.31. The number of likely N-dealkylation sites (tertiary alicyclic amines) is 1. The van der Waals surface area contributed by atoms with E-state index < -0.39 is 6.10 Å². The maximum atomic E-state index is 11.7. The van der Waals surface area contributed by atoms with Gasteiger partial charge in [0.2, 0.25) is 5.91 Å². The summed E-state index contributed by atoms with van der Waals surface area (Å²) in [5.41, 5.74) is 0.686. The van der Waals surface area contributed by atoms with E-state index in [4.69, 9.17) is 11.6 Å². The van der Waals surface area contributed by atoms with Crippen LogP contribution in [-0.4, -0.2) is 42.1 Å². The van der Waals surface area contributed by atoms with Crippen molar-refractivity contribution in [3.05, 3.63) is 34.9 Å². The minimum absolute atomic E-state index is 0.0846. The van der Waals surface area contributed by atoms with E-state index in [0.717, 1.165) is 13.0 Å². The molecule has 1 saturated heterocycles. The van der Waals surface area contributed by atoms with Gasteiger partial charge in [0.15, 0.2) is 0 Å². The predicted octanol–water partition coefficient (Wildman–Crippen LogP) is 1.19. The Hall–Kier alpha value is -1.10. The number of nitrogens with one attached hydrogen (secondary N) is 1. The maximum absolute atomic E-state index is 11.7. The molecule has 2 unspecified atom stereocenters. The first-order chi connectivity index (χ1) is 8.59. The average molecular weight is 269 g/mol. The lowest BCUT2D eigenvalue weighted by Crippen LogP contribution is -2.39. The SMILES string of the molecule is CN1CCC(NCC(O)c2ccccc2Cl)C1=O. The van der Waals surface area contributed by atoms with E-state index in [1.54, 1.807) is 24.1 Å². The van der Waals surface area contributed by atoms with Gasteiger partial charge in [-0.3, -0.25) is 4.79 Å². The van der Waals surface area contributed by atoms with Gasteiger partial charge in [-0.25, -0.2) is 0 Å². The number of likely N-dealkylation sites (N-methyl/N-ethyl adjacent to an activating group) is 1. The van der Waals surface area contributed by atoms with Gasteiger partial charge in [-0.1, -0.05) is 29.8 Å². The van der Waals surface area contributed by atoms with Crippen molar-refractivity contribution in [2.45, 2.75) is 18.6 Å². The Bertz CT molecular complexity index is 439. The second kappa shape index (κ2) is 5.69. The molecule has 1 heterocycles. The molecule has 1 aromatic rings. The van der Waals surface area contributed by atoms with Gasteiger partial charge in [0.25, 0.3) is 0 Å². The number of carbonyl (C=O) groups excluding carboxylic acids is 1. The van der Waals surface area contributed by atoms with Gasteiger partial charge in [0.05, 0.1) is 12.1 Å². The molecule has 0 radical (unpaired) electrons. The molecule has 0 spiro atoms. The number of amides is 1. The van der Waals surface area contributed by atoms with Crippen LogP contribution < -0.4 is 5.32 Å². The topological polar surface area (TPSA) is 52.6 Å². The fourth-order valence-electron chi connectivity index (χ4n) is 2.12. The molecule has 2 rings (SSSR count). The Morgan fingerprint density at radius 2 is 2.28 bits per heavy atom.